The van der Waals surface area contributed by atoms with Crippen molar-refractivity contribution in [1.29, 1.82) is 0 Å². The molecular weight excluding hydrogens is 184 g/mol. The average Bonchev–Trinajstić information content (AvgIpc) is 2.31. The van der Waals surface area contributed by atoms with Crippen molar-refractivity contribution in [1.82, 2.24) is 9.88 Å². The molecule has 2 rings (SSSR count). The smallest absolute Gasteiger partial charge is 0.0543 e. The Labute approximate surface area is 91.6 Å². The SMILES string of the molecule is CC=C1CCN(Cc2ccccn2)CC1. The van der Waals surface area contributed by atoms with E-state index in [9.17, 15) is 0 Å². The molecule has 0 unspecified atom stereocenters. The molecule has 0 atom stereocenters. The van der Waals surface area contributed by atoms with E-state index in [2.05, 4.69) is 35.0 Å². The number of pyridine rings is 1. The zero-order chi connectivity index (χ0) is 10.5. The maximum Gasteiger partial charge on any atom is 0.0543 e. The number of nitrogens with zero attached hydrogens (tertiary/aromatic N) is 2. The Balaban J connectivity index is 1.87. The zero-order valence-electron chi connectivity index (χ0n) is 9.32. The van der Waals surface area contributed by atoms with Crippen LogP contribution in [-0.4, -0.2) is 23.0 Å². The van der Waals surface area contributed by atoms with Gasteiger partial charge in [0.05, 0.1) is 5.69 Å². The number of hydrogen-bond acceptors (Lipinski definition) is 2. The molecule has 0 aliphatic carbocycles. The van der Waals surface area contributed by atoms with Crippen LogP contribution in [0.25, 0.3) is 0 Å². The van der Waals surface area contributed by atoms with Crippen molar-refractivity contribution in [2.45, 2.75) is 26.3 Å². The van der Waals surface area contributed by atoms with Gasteiger partial charge in [-0.2, -0.15) is 0 Å². The lowest BCUT2D eigenvalue weighted by atomic mass is 10.0. The molecule has 0 spiro atoms. The number of allylic oxidation sites excluding steroid dienone is 1. The highest BCUT2D eigenvalue weighted by molar-refractivity contribution is 5.07. The summed E-state index contributed by atoms with van der Waals surface area (Å²) in [6.07, 6.45) is 6.58. The third kappa shape index (κ3) is 2.90. The standard InChI is InChI=1S/C13H18N2/c1-2-12-6-9-15(10-7-12)11-13-5-3-4-8-14-13/h2-5,8H,6-7,9-11H2,1H3. The predicted molar refractivity (Wildman–Crippen MR) is 62.5 cm³/mol. The van der Waals surface area contributed by atoms with E-state index in [1.54, 1.807) is 5.57 Å². The molecule has 1 saturated heterocycles. The van der Waals surface area contributed by atoms with Crippen molar-refractivity contribution in [3.8, 4) is 0 Å². The number of hydrogen-bond donors (Lipinski definition) is 0. The van der Waals surface area contributed by atoms with E-state index in [4.69, 9.17) is 0 Å². The van der Waals surface area contributed by atoms with E-state index in [0.717, 1.165) is 6.54 Å². The van der Waals surface area contributed by atoms with Gasteiger partial charge in [-0.1, -0.05) is 17.7 Å². The second-order valence-electron chi connectivity index (χ2n) is 4.04. The van der Waals surface area contributed by atoms with Crippen LogP contribution in [0.1, 0.15) is 25.5 Å². The second-order valence-corrected chi connectivity index (χ2v) is 4.04. The van der Waals surface area contributed by atoms with Crippen LogP contribution in [-0.2, 0) is 6.54 Å². The van der Waals surface area contributed by atoms with Crippen LogP contribution in [0.4, 0.5) is 0 Å². The molecule has 0 radical (unpaired) electrons. The Morgan fingerprint density at radius 2 is 2.13 bits per heavy atom. The van der Waals surface area contributed by atoms with Gasteiger partial charge in [-0.25, -0.2) is 0 Å². The van der Waals surface area contributed by atoms with Crippen molar-refractivity contribution >= 4 is 0 Å². The molecule has 1 aliphatic heterocycles. The van der Waals surface area contributed by atoms with Crippen molar-refractivity contribution in [3.63, 3.8) is 0 Å². The van der Waals surface area contributed by atoms with Gasteiger partial charge in [0.2, 0.25) is 0 Å². The van der Waals surface area contributed by atoms with E-state index in [1.807, 2.05) is 12.3 Å². The fraction of sp³-hybridized carbons (Fsp3) is 0.462. The molecule has 1 aliphatic rings. The van der Waals surface area contributed by atoms with Crippen molar-refractivity contribution < 1.29 is 0 Å². The van der Waals surface area contributed by atoms with Gasteiger partial charge in [0, 0.05) is 25.8 Å². The molecule has 0 amide bonds. The Morgan fingerprint density at radius 3 is 2.73 bits per heavy atom. The average molecular weight is 202 g/mol. The van der Waals surface area contributed by atoms with E-state index < -0.39 is 0 Å². The lowest BCUT2D eigenvalue weighted by molar-refractivity contribution is 0.245. The first-order chi connectivity index (χ1) is 7.38. The first-order valence-corrected chi connectivity index (χ1v) is 5.65. The molecule has 2 heteroatoms. The highest BCUT2D eigenvalue weighted by Gasteiger charge is 2.13. The minimum absolute atomic E-state index is 0.998. The summed E-state index contributed by atoms with van der Waals surface area (Å²) in [6.45, 7) is 5.49. The summed E-state index contributed by atoms with van der Waals surface area (Å²) in [4.78, 5) is 6.84. The van der Waals surface area contributed by atoms with Gasteiger partial charge in [0.15, 0.2) is 0 Å². The summed E-state index contributed by atoms with van der Waals surface area (Å²) in [5.41, 5.74) is 2.79. The lowest BCUT2D eigenvalue weighted by Gasteiger charge is -2.27. The summed E-state index contributed by atoms with van der Waals surface area (Å²) < 4.78 is 0. The molecule has 1 aromatic rings. The number of likely N-dealkylation sites (tertiary alicyclic amines) is 1. The van der Waals surface area contributed by atoms with E-state index in [1.165, 1.54) is 31.6 Å². The van der Waals surface area contributed by atoms with Gasteiger partial charge < -0.3 is 0 Å². The van der Waals surface area contributed by atoms with Gasteiger partial charge in [-0.05, 0) is 31.9 Å². The van der Waals surface area contributed by atoms with Gasteiger partial charge >= 0.3 is 0 Å². The van der Waals surface area contributed by atoms with E-state index >= 15 is 0 Å². The summed E-state index contributed by atoms with van der Waals surface area (Å²) >= 11 is 0. The fourth-order valence-corrected chi connectivity index (χ4v) is 2.01. The molecule has 1 aromatic heterocycles. The fourth-order valence-electron chi connectivity index (χ4n) is 2.01. The van der Waals surface area contributed by atoms with Gasteiger partial charge in [-0.3, -0.25) is 9.88 Å². The molecule has 2 nitrogen and oxygen atoms in total. The molecule has 0 bridgehead atoms. The first kappa shape index (κ1) is 10.4. The van der Waals surface area contributed by atoms with Crippen molar-refractivity contribution in [2.24, 2.45) is 0 Å². The Bertz CT molecular complexity index is 320. The van der Waals surface area contributed by atoms with Crippen LogP contribution in [0.2, 0.25) is 0 Å². The molecule has 0 N–H and O–H groups in total. The molecule has 0 saturated carbocycles. The van der Waals surface area contributed by atoms with Crippen LogP contribution < -0.4 is 0 Å². The highest BCUT2D eigenvalue weighted by atomic mass is 15.1. The van der Waals surface area contributed by atoms with Crippen LogP contribution >= 0.6 is 0 Å². The van der Waals surface area contributed by atoms with Crippen LogP contribution in [0.3, 0.4) is 0 Å². The monoisotopic (exact) mass is 202 g/mol. The number of piperidine rings is 1. The Morgan fingerprint density at radius 1 is 1.33 bits per heavy atom. The Kier molecular flexibility index (Phi) is 3.51. The van der Waals surface area contributed by atoms with Crippen molar-refractivity contribution in [2.75, 3.05) is 13.1 Å². The Hall–Kier alpha value is -1.15. The molecular formula is C13H18N2. The van der Waals surface area contributed by atoms with Gasteiger partial charge in [0.25, 0.3) is 0 Å². The van der Waals surface area contributed by atoms with E-state index in [-0.39, 0.29) is 0 Å². The predicted octanol–water partition coefficient (Wildman–Crippen LogP) is 2.62. The first-order valence-electron chi connectivity index (χ1n) is 5.65. The van der Waals surface area contributed by atoms with Crippen LogP contribution in [0, 0.1) is 0 Å². The lowest BCUT2D eigenvalue weighted by Crippen LogP contribution is -2.30. The third-order valence-electron chi connectivity index (χ3n) is 3.02. The zero-order valence-corrected chi connectivity index (χ0v) is 9.32. The molecule has 0 aromatic carbocycles. The summed E-state index contributed by atoms with van der Waals surface area (Å²) in [7, 11) is 0. The molecule has 80 valence electrons. The molecule has 15 heavy (non-hydrogen) atoms. The largest absolute Gasteiger partial charge is 0.297 e. The highest BCUT2D eigenvalue weighted by Crippen LogP contribution is 2.17. The summed E-state index contributed by atoms with van der Waals surface area (Å²) in [5.74, 6) is 0. The normalized spacial score (nSPS) is 17.8. The van der Waals surface area contributed by atoms with Crippen LogP contribution in [0.5, 0.6) is 0 Å². The van der Waals surface area contributed by atoms with Crippen molar-refractivity contribution in [3.05, 3.63) is 41.7 Å². The second kappa shape index (κ2) is 5.08. The minimum atomic E-state index is 0.998. The summed E-state index contributed by atoms with van der Waals surface area (Å²) in [6, 6.07) is 6.13. The third-order valence-corrected chi connectivity index (χ3v) is 3.02. The molecule has 1 fully saturated rings. The maximum atomic E-state index is 4.36. The molecule has 2 heterocycles. The van der Waals surface area contributed by atoms with Gasteiger partial charge in [-0.15, -0.1) is 0 Å². The van der Waals surface area contributed by atoms with Crippen LogP contribution in [0.15, 0.2) is 36.0 Å². The topological polar surface area (TPSA) is 16.1 Å². The minimum Gasteiger partial charge on any atom is -0.297 e. The number of aromatic nitrogens is 1. The summed E-state index contributed by atoms with van der Waals surface area (Å²) in [5, 5.41) is 0. The van der Waals surface area contributed by atoms with E-state index in [0.29, 0.717) is 0 Å². The van der Waals surface area contributed by atoms with Gasteiger partial charge in [0.1, 0.15) is 0 Å². The number of rotatable bonds is 2. The maximum absolute atomic E-state index is 4.36. The quantitative estimate of drug-likeness (QED) is 0.685.